The van der Waals surface area contributed by atoms with Crippen molar-refractivity contribution >= 4 is 31.9 Å². The van der Waals surface area contributed by atoms with E-state index in [1.54, 1.807) is 25.3 Å². The van der Waals surface area contributed by atoms with Crippen molar-refractivity contribution in [3.05, 3.63) is 72.3 Å². The summed E-state index contributed by atoms with van der Waals surface area (Å²) in [5, 5.41) is 14.3. The molecule has 3 rings (SSSR count). The van der Waals surface area contributed by atoms with E-state index < -0.39 is 32.3 Å². The van der Waals surface area contributed by atoms with E-state index in [4.69, 9.17) is 23.7 Å². The minimum Gasteiger partial charge on any atom is -0.496 e. The summed E-state index contributed by atoms with van der Waals surface area (Å²) in [6, 6.07) is 21.7. The number of aliphatic hydroxyl groups excluding tert-OH is 1. The van der Waals surface area contributed by atoms with Gasteiger partial charge in [0.2, 0.25) is 10.0 Å². The summed E-state index contributed by atoms with van der Waals surface area (Å²) in [5.74, 6) is 1.72. The fourth-order valence-electron chi connectivity index (χ4n) is 4.59. The van der Waals surface area contributed by atoms with E-state index in [-0.39, 0.29) is 31.5 Å². The smallest absolute Gasteiger partial charge is 0.234 e. The fraction of sp³-hybridized carbons (Fsp3) is 0.500. The first kappa shape index (κ1) is 40.5. The van der Waals surface area contributed by atoms with Gasteiger partial charge in [-0.1, -0.05) is 75.7 Å². The number of aliphatic hydroxyl groups is 1. The summed E-state index contributed by atoms with van der Waals surface area (Å²) in [6.45, 7) is 16.7. The standard InChI is InChI=1S/C36H56N2O8SSi2/c1-28(49(7,8)9)45-27-46-35-18-15-30(23-33(35)38(47(3,40)41)26-43-21-22-48(4,5)6)34(39)25-37-19-20-44-31-16-17-32(36(24-31)42-2)29-13-11-10-12-14-29/h10-18,23-24,28,34,37,39H,19-22,25-27H2,1-9H3/t28?,34-/m0/s1. The summed E-state index contributed by atoms with van der Waals surface area (Å²) < 4.78 is 56.6. The number of sulfonamides is 1. The van der Waals surface area contributed by atoms with Crippen molar-refractivity contribution in [2.75, 3.05) is 57.5 Å². The molecular formula is C36H56N2O8SSi2. The Labute approximate surface area is 295 Å². The molecule has 0 aliphatic rings. The molecule has 272 valence electrons. The van der Waals surface area contributed by atoms with E-state index in [1.807, 2.05) is 55.5 Å². The van der Waals surface area contributed by atoms with Gasteiger partial charge in [-0.2, -0.15) is 0 Å². The molecule has 10 nitrogen and oxygen atoms in total. The molecule has 0 saturated heterocycles. The van der Waals surface area contributed by atoms with Crippen molar-refractivity contribution in [3.8, 4) is 28.4 Å². The summed E-state index contributed by atoms with van der Waals surface area (Å²) in [6.07, 6.45) is 0.216. The average Bonchev–Trinajstić information content (AvgIpc) is 3.03. The number of methoxy groups -OCH3 is 1. The van der Waals surface area contributed by atoms with E-state index in [9.17, 15) is 13.5 Å². The maximum atomic E-state index is 13.0. The number of hydrogen-bond acceptors (Lipinski definition) is 9. The predicted octanol–water partition coefficient (Wildman–Crippen LogP) is 6.76. The van der Waals surface area contributed by atoms with Gasteiger partial charge in [0, 0.05) is 45.1 Å². The number of benzene rings is 3. The minimum atomic E-state index is -3.75. The van der Waals surface area contributed by atoms with Gasteiger partial charge in [0.25, 0.3) is 0 Å². The average molecular weight is 733 g/mol. The molecule has 0 spiro atoms. The van der Waals surface area contributed by atoms with Crippen LogP contribution < -0.4 is 23.8 Å². The highest BCUT2D eigenvalue weighted by atomic mass is 32.2. The van der Waals surface area contributed by atoms with Crippen molar-refractivity contribution < 1.29 is 37.2 Å². The SMILES string of the molecule is COc1cc(OCCNC[C@H](O)c2ccc(OCOC(C)[Si](C)(C)C)c(N(COCC[Si](C)(C)C)S(C)(=O)=O)c2)ccc1-c1ccccc1. The molecular weight excluding hydrogens is 677 g/mol. The van der Waals surface area contributed by atoms with E-state index in [0.29, 0.717) is 36.8 Å². The third-order valence-electron chi connectivity index (χ3n) is 8.14. The van der Waals surface area contributed by atoms with Gasteiger partial charge in [-0.3, -0.25) is 0 Å². The number of rotatable bonds is 21. The lowest BCUT2D eigenvalue weighted by Gasteiger charge is -2.28. The molecule has 0 radical (unpaired) electrons. The van der Waals surface area contributed by atoms with Crippen LogP contribution in [-0.4, -0.2) is 88.6 Å². The number of ether oxygens (including phenoxy) is 5. The molecule has 49 heavy (non-hydrogen) atoms. The van der Waals surface area contributed by atoms with Crippen molar-refractivity contribution in [2.24, 2.45) is 0 Å². The quantitative estimate of drug-likeness (QED) is 0.0697. The van der Waals surface area contributed by atoms with E-state index in [1.165, 1.54) is 4.31 Å². The molecule has 0 bridgehead atoms. The molecule has 2 atom stereocenters. The van der Waals surface area contributed by atoms with Gasteiger partial charge in [0.15, 0.2) is 6.79 Å². The van der Waals surface area contributed by atoms with Crippen molar-refractivity contribution in [1.82, 2.24) is 5.32 Å². The Morgan fingerprint density at radius 3 is 2.24 bits per heavy atom. The highest BCUT2D eigenvalue weighted by molar-refractivity contribution is 7.92. The van der Waals surface area contributed by atoms with Crippen LogP contribution in [0.15, 0.2) is 66.7 Å². The highest BCUT2D eigenvalue weighted by Gasteiger charge is 2.26. The molecule has 3 aromatic carbocycles. The topological polar surface area (TPSA) is 116 Å². The Hall–Kier alpha value is -2.92. The van der Waals surface area contributed by atoms with Crippen LogP contribution in [0.2, 0.25) is 45.3 Å². The summed E-state index contributed by atoms with van der Waals surface area (Å²) in [5.41, 5.74) is 2.90. The number of anilines is 1. The monoisotopic (exact) mass is 732 g/mol. The second-order valence-electron chi connectivity index (χ2n) is 14.4. The molecule has 1 unspecified atom stereocenters. The lowest BCUT2D eigenvalue weighted by Crippen LogP contribution is -2.38. The van der Waals surface area contributed by atoms with Gasteiger partial charge in [0.1, 0.15) is 30.6 Å². The first-order valence-electron chi connectivity index (χ1n) is 16.7. The van der Waals surface area contributed by atoms with Gasteiger partial charge in [0.05, 0.1) is 33.2 Å². The summed E-state index contributed by atoms with van der Waals surface area (Å²) >= 11 is 0. The Kier molecular flexibility index (Phi) is 15.2. The maximum Gasteiger partial charge on any atom is 0.234 e. The number of hydrogen-bond donors (Lipinski definition) is 2. The second kappa shape index (κ2) is 18.4. The van der Waals surface area contributed by atoms with Gasteiger partial charge in [-0.25, -0.2) is 12.7 Å². The normalized spacial score (nSPS) is 13.5. The van der Waals surface area contributed by atoms with Gasteiger partial charge in [-0.05, 0) is 48.4 Å². The predicted molar refractivity (Wildman–Crippen MR) is 204 cm³/mol. The Morgan fingerprint density at radius 1 is 0.898 bits per heavy atom. The van der Waals surface area contributed by atoms with Crippen LogP contribution in [0.3, 0.4) is 0 Å². The summed E-state index contributed by atoms with van der Waals surface area (Å²) in [4.78, 5) is 0. The van der Waals surface area contributed by atoms with Crippen LogP contribution in [0.4, 0.5) is 5.69 Å². The first-order chi connectivity index (χ1) is 23.0. The molecule has 0 amide bonds. The van der Waals surface area contributed by atoms with Crippen LogP contribution in [0.1, 0.15) is 18.6 Å². The first-order valence-corrected chi connectivity index (χ1v) is 25.8. The molecule has 0 fully saturated rings. The second-order valence-corrected chi connectivity index (χ2v) is 27.5. The highest BCUT2D eigenvalue weighted by Crippen LogP contribution is 2.35. The Balaban J connectivity index is 1.68. The van der Waals surface area contributed by atoms with Crippen LogP contribution in [0.25, 0.3) is 11.1 Å². The molecule has 2 N–H and O–H groups in total. The molecule has 0 aliphatic carbocycles. The zero-order chi connectivity index (χ0) is 36.2. The lowest BCUT2D eigenvalue weighted by atomic mass is 10.0. The third-order valence-corrected chi connectivity index (χ3v) is 13.5. The zero-order valence-corrected chi connectivity index (χ0v) is 33.4. The largest absolute Gasteiger partial charge is 0.496 e. The minimum absolute atomic E-state index is 0.0309. The van der Waals surface area contributed by atoms with Crippen LogP contribution in [0.5, 0.6) is 17.2 Å². The van der Waals surface area contributed by atoms with Crippen molar-refractivity contribution in [2.45, 2.75) is 64.1 Å². The maximum absolute atomic E-state index is 13.0. The molecule has 0 aliphatic heterocycles. The zero-order valence-electron chi connectivity index (χ0n) is 30.6. The van der Waals surface area contributed by atoms with Crippen LogP contribution >= 0.6 is 0 Å². The fourth-order valence-corrected chi connectivity index (χ4v) is 6.68. The van der Waals surface area contributed by atoms with Gasteiger partial charge >= 0.3 is 0 Å². The Morgan fingerprint density at radius 2 is 1.61 bits per heavy atom. The molecule has 0 aromatic heterocycles. The summed E-state index contributed by atoms with van der Waals surface area (Å²) in [7, 11) is -5.06. The van der Waals surface area contributed by atoms with Crippen molar-refractivity contribution in [1.29, 1.82) is 0 Å². The molecule has 0 saturated carbocycles. The van der Waals surface area contributed by atoms with Gasteiger partial charge in [-0.15, -0.1) is 0 Å². The number of nitrogens with one attached hydrogen (secondary N) is 1. The van der Waals surface area contributed by atoms with E-state index in [2.05, 4.69) is 44.6 Å². The van der Waals surface area contributed by atoms with Crippen LogP contribution in [0, 0.1) is 0 Å². The lowest BCUT2D eigenvalue weighted by molar-refractivity contribution is 0.000455. The van der Waals surface area contributed by atoms with E-state index >= 15 is 0 Å². The molecule has 13 heteroatoms. The number of nitrogens with zero attached hydrogens (tertiary/aromatic N) is 1. The molecule has 3 aromatic rings. The van der Waals surface area contributed by atoms with Gasteiger partial charge < -0.3 is 34.1 Å². The Bertz CT molecular complexity index is 1560. The van der Waals surface area contributed by atoms with Crippen molar-refractivity contribution in [3.63, 3.8) is 0 Å². The van der Waals surface area contributed by atoms with E-state index in [0.717, 1.165) is 29.2 Å². The van der Waals surface area contributed by atoms with Crippen LogP contribution in [-0.2, 0) is 19.5 Å². The third kappa shape index (κ3) is 13.4. The molecule has 0 heterocycles.